The van der Waals surface area contributed by atoms with Crippen molar-refractivity contribution in [2.24, 2.45) is 23.7 Å². The number of carbonyl (C=O) groups is 3. The Bertz CT molecular complexity index is 975. The molecule has 0 radical (unpaired) electrons. The van der Waals surface area contributed by atoms with E-state index in [0.717, 1.165) is 41.7 Å². The molecule has 2 bridgehead atoms. The molecule has 158 valence electrons. The Morgan fingerprint density at radius 2 is 1.63 bits per heavy atom. The van der Waals surface area contributed by atoms with Crippen LogP contribution in [0.15, 0.2) is 30.3 Å². The normalized spacial score (nSPS) is 25.0. The number of carboxylic acid groups (broad SMARTS) is 1. The average Bonchev–Trinajstić information content (AvgIpc) is 3.09. The Labute approximate surface area is 179 Å². The van der Waals surface area contributed by atoms with Crippen molar-refractivity contribution < 1.29 is 24.2 Å². The fourth-order valence-corrected chi connectivity index (χ4v) is 6.33. The van der Waals surface area contributed by atoms with Gasteiger partial charge in [0.05, 0.1) is 18.9 Å². The van der Waals surface area contributed by atoms with E-state index in [1.54, 1.807) is 0 Å². The number of carboxylic acids is 1. The fraction of sp³-hybridized carbons (Fsp3) is 0.435. The van der Waals surface area contributed by atoms with Crippen molar-refractivity contribution in [2.75, 3.05) is 12.4 Å². The Morgan fingerprint density at radius 1 is 1.03 bits per heavy atom. The van der Waals surface area contributed by atoms with E-state index in [0.29, 0.717) is 10.6 Å². The highest BCUT2D eigenvalue weighted by atomic mass is 32.1. The molecule has 2 atom stereocenters. The van der Waals surface area contributed by atoms with Gasteiger partial charge in [0.15, 0.2) is 0 Å². The maximum Gasteiger partial charge on any atom is 0.341 e. The Hall–Kier alpha value is -2.67. The predicted molar refractivity (Wildman–Crippen MR) is 115 cm³/mol. The van der Waals surface area contributed by atoms with Crippen LogP contribution in [0.5, 0.6) is 0 Å². The zero-order valence-corrected chi connectivity index (χ0v) is 17.8. The molecule has 3 fully saturated rings. The Kier molecular flexibility index (Phi) is 5.64. The van der Waals surface area contributed by atoms with Gasteiger partial charge < -0.3 is 15.2 Å². The maximum atomic E-state index is 13.3. The van der Waals surface area contributed by atoms with Crippen LogP contribution in [0.3, 0.4) is 0 Å². The van der Waals surface area contributed by atoms with Crippen LogP contribution in [0.25, 0.3) is 11.1 Å². The van der Waals surface area contributed by atoms with Gasteiger partial charge in [-0.1, -0.05) is 30.3 Å². The summed E-state index contributed by atoms with van der Waals surface area (Å²) in [5.41, 5.74) is 1.93. The molecule has 1 amide bonds. The molecule has 3 aliphatic carbocycles. The van der Waals surface area contributed by atoms with Crippen LogP contribution in [-0.4, -0.2) is 30.1 Å². The van der Waals surface area contributed by atoms with Crippen LogP contribution in [0, 0.1) is 30.6 Å². The summed E-state index contributed by atoms with van der Waals surface area (Å²) in [6.45, 7) is 1.90. The molecule has 0 aliphatic heterocycles. The third-order valence-electron chi connectivity index (χ3n) is 6.58. The number of amides is 1. The molecule has 0 unspecified atom stereocenters. The van der Waals surface area contributed by atoms with Crippen molar-refractivity contribution in [1.29, 1.82) is 0 Å². The van der Waals surface area contributed by atoms with E-state index in [-0.39, 0.29) is 17.7 Å². The molecule has 1 aromatic heterocycles. The Morgan fingerprint density at radius 3 is 2.20 bits per heavy atom. The molecule has 7 heteroatoms. The van der Waals surface area contributed by atoms with Gasteiger partial charge in [-0.05, 0) is 50.0 Å². The minimum atomic E-state index is -0.898. The highest BCUT2D eigenvalue weighted by molar-refractivity contribution is 7.17. The van der Waals surface area contributed by atoms with Gasteiger partial charge in [-0.25, -0.2) is 4.79 Å². The molecule has 1 heterocycles. The number of benzene rings is 1. The first kappa shape index (κ1) is 20.6. The molecular weight excluding hydrogens is 402 g/mol. The van der Waals surface area contributed by atoms with E-state index in [4.69, 9.17) is 4.74 Å². The van der Waals surface area contributed by atoms with Crippen molar-refractivity contribution in [3.63, 3.8) is 0 Å². The number of anilines is 1. The first-order valence-electron chi connectivity index (χ1n) is 10.2. The maximum absolute atomic E-state index is 13.3. The van der Waals surface area contributed by atoms with Crippen molar-refractivity contribution in [2.45, 2.75) is 32.6 Å². The van der Waals surface area contributed by atoms with E-state index in [2.05, 4.69) is 5.32 Å². The summed E-state index contributed by atoms with van der Waals surface area (Å²) in [6.07, 6.45) is 3.51. The molecular formula is C23H25NO5S. The molecule has 30 heavy (non-hydrogen) atoms. The van der Waals surface area contributed by atoms with Gasteiger partial charge in [-0.3, -0.25) is 9.59 Å². The molecule has 0 saturated heterocycles. The van der Waals surface area contributed by atoms with E-state index >= 15 is 0 Å². The zero-order chi connectivity index (χ0) is 21.4. The van der Waals surface area contributed by atoms with Gasteiger partial charge in [0.25, 0.3) is 0 Å². The topological polar surface area (TPSA) is 92.7 Å². The number of carbonyl (C=O) groups excluding carboxylic acids is 2. The summed E-state index contributed by atoms with van der Waals surface area (Å²) < 4.78 is 5.01. The number of esters is 1. The second kappa shape index (κ2) is 8.22. The lowest BCUT2D eigenvalue weighted by molar-refractivity contribution is -0.156. The molecule has 6 nitrogen and oxygen atoms in total. The van der Waals surface area contributed by atoms with E-state index < -0.39 is 23.8 Å². The lowest BCUT2D eigenvalue weighted by atomic mass is 9.58. The van der Waals surface area contributed by atoms with Gasteiger partial charge in [-0.15, -0.1) is 11.3 Å². The van der Waals surface area contributed by atoms with Crippen LogP contribution < -0.4 is 5.32 Å². The summed E-state index contributed by atoms with van der Waals surface area (Å²) in [5, 5.41) is 13.1. The standard InChI is InChI=1S/C23H25NO5S/c1-12-16(13-6-4-3-5-7-13)19(23(28)29-2)21(30-12)24-20(25)17-14-8-10-15(11-9-14)18(17)22(26)27/h3-7,14-15,17-18H,8-11H2,1-2H3,(H,24,25)(H,26,27)/t14?,15?,17-,18+/m1/s1. The van der Waals surface area contributed by atoms with Gasteiger partial charge >= 0.3 is 11.9 Å². The number of ether oxygens (including phenoxy) is 1. The molecule has 2 aromatic rings. The number of rotatable bonds is 5. The number of aliphatic carboxylic acids is 1. The van der Waals surface area contributed by atoms with Crippen molar-refractivity contribution in [3.05, 3.63) is 40.8 Å². The quantitative estimate of drug-likeness (QED) is 0.681. The molecule has 2 N–H and O–H groups in total. The summed E-state index contributed by atoms with van der Waals surface area (Å²) in [6, 6.07) is 9.50. The zero-order valence-electron chi connectivity index (χ0n) is 17.0. The number of hydrogen-bond donors (Lipinski definition) is 2. The highest BCUT2D eigenvalue weighted by Gasteiger charge is 2.50. The van der Waals surface area contributed by atoms with E-state index in [9.17, 15) is 19.5 Å². The van der Waals surface area contributed by atoms with E-state index in [1.807, 2.05) is 37.3 Å². The van der Waals surface area contributed by atoms with Crippen molar-refractivity contribution >= 4 is 34.2 Å². The smallest absolute Gasteiger partial charge is 0.341 e. The first-order chi connectivity index (χ1) is 14.4. The van der Waals surface area contributed by atoms with Crippen LogP contribution in [0.1, 0.15) is 40.9 Å². The minimum absolute atomic E-state index is 0.0493. The van der Waals surface area contributed by atoms with Crippen molar-refractivity contribution in [3.8, 4) is 11.1 Å². The van der Waals surface area contributed by atoms with Crippen LogP contribution >= 0.6 is 11.3 Å². The summed E-state index contributed by atoms with van der Waals surface area (Å²) in [5.74, 6) is -2.82. The largest absolute Gasteiger partial charge is 0.481 e. The van der Waals surface area contributed by atoms with Crippen LogP contribution in [0.4, 0.5) is 5.00 Å². The van der Waals surface area contributed by atoms with Crippen molar-refractivity contribution in [1.82, 2.24) is 0 Å². The SMILES string of the molecule is COC(=O)c1c(NC(=O)[C@@H]2C3CCC(CC3)[C@@H]2C(=O)O)sc(C)c1-c1ccccc1. The number of methoxy groups -OCH3 is 1. The number of thiophene rings is 1. The lowest BCUT2D eigenvalue weighted by Crippen LogP contribution is -2.49. The second-order valence-electron chi connectivity index (χ2n) is 8.15. The second-order valence-corrected chi connectivity index (χ2v) is 9.37. The number of fused-ring (bicyclic) bond motifs is 3. The first-order valence-corrected chi connectivity index (χ1v) is 11.0. The molecule has 5 rings (SSSR count). The predicted octanol–water partition coefficient (Wildman–Crippen LogP) is 4.59. The van der Waals surface area contributed by atoms with E-state index in [1.165, 1.54) is 18.4 Å². The molecule has 1 aromatic carbocycles. The molecule has 3 saturated carbocycles. The highest BCUT2D eigenvalue weighted by Crippen LogP contribution is 2.50. The third-order valence-corrected chi connectivity index (χ3v) is 7.60. The van der Waals surface area contributed by atoms with Crippen LogP contribution in [0.2, 0.25) is 0 Å². The van der Waals surface area contributed by atoms with Gasteiger partial charge in [0.2, 0.25) is 5.91 Å². The Balaban J connectivity index is 1.70. The summed E-state index contributed by atoms with van der Waals surface area (Å²) in [4.78, 5) is 38.7. The fourth-order valence-electron chi connectivity index (χ4n) is 5.26. The number of aryl methyl sites for hydroxylation is 1. The summed E-state index contributed by atoms with van der Waals surface area (Å²) >= 11 is 1.32. The van der Waals surface area contributed by atoms with Crippen LogP contribution in [-0.2, 0) is 14.3 Å². The number of nitrogens with one attached hydrogen (secondary N) is 1. The number of hydrogen-bond acceptors (Lipinski definition) is 5. The lowest BCUT2D eigenvalue weighted by Gasteiger charge is -2.45. The minimum Gasteiger partial charge on any atom is -0.481 e. The molecule has 0 spiro atoms. The average molecular weight is 428 g/mol. The monoisotopic (exact) mass is 427 g/mol. The molecule has 3 aliphatic rings. The summed E-state index contributed by atoms with van der Waals surface area (Å²) in [7, 11) is 1.32. The van der Waals surface area contributed by atoms with Gasteiger partial charge in [0.1, 0.15) is 10.6 Å². The third kappa shape index (κ3) is 3.51. The van der Waals surface area contributed by atoms with Gasteiger partial charge in [-0.2, -0.15) is 0 Å². The van der Waals surface area contributed by atoms with Gasteiger partial charge in [0, 0.05) is 10.4 Å².